The van der Waals surface area contributed by atoms with E-state index in [1.807, 2.05) is 13.0 Å². The monoisotopic (exact) mass is 276 g/mol. The molecule has 4 heteroatoms. The van der Waals surface area contributed by atoms with Crippen LogP contribution in [0.1, 0.15) is 38.7 Å². The summed E-state index contributed by atoms with van der Waals surface area (Å²) in [6, 6.07) is 9.14. The number of hydrogen-bond acceptors (Lipinski definition) is 3. The van der Waals surface area contributed by atoms with Gasteiger partial charge in [0.15, 0.2) is 0 Å². The molecule has 1 aromatic rings. The summed E-state index contributed by atoms with van der Waals surface area (Å²) in [6.45, 7) is 4.07. The molecule has 1 unspecified atom stereocenters. The first kappa shape index (κ1) is 15.6. The first-order valence-electron chi connectivity index (χ1n) is 6.60. The average molecular weight is 276 g/mol. The van der Waals surface area contributed by atoms with Crippen LogP contribution < -0.4 is 5.32 Å². The van der Waals surface area contributed by atoms with Gasteiger partial charge in [-0.2, -0.15) is 5.26 Å². The molecule has 0 saturated heterocycles. The van der Waals surface area contributed by atoms with E-state index in [-0.39, 0.29) is 11.2 Å². The number of carbonyl (C=O) groups is 1. The van der Waals surface area contributed by atoms with Crippen LogP contribution in [0.25, 0.3) is 0 Å². The predicted molar refractivity (Wildman–Crippen MR) is 81.2 cm³/mol. The topological polar surface area (TPSA) is 52.9 Å². The Balaban J connectivity index is 2.48. The molecule has 0 spiro atoms. The van der Waals surface area contributed by atoms with Crippen molar-refractivity contribution in [1.29, 1.82) is 5.26 Å². The molecule has 0 aliphatic heterocycles. The predicted octanol–water partition coefficient (Wildman–Crippen LogP) is 3.81. The SMILES string of the molecule is CCCCCSC(C)C(=O)Nc1ccccc1C#N. The highest BCUT2D eigenvalue weighted by atomic mass is 32.2. The molecule has 0 aliphatic carbocycles. The summed E-state index contributed by atoms with van der Waals surface area (Å²) >= 11 is 1.66. The van der Waals surface area contributed by atoms with Gasteiger partial charge in [0.1, 0.15) is 6.07 Å². The third kappa shape index (κ3) is 5.35. The van der Waals surface area contributed by atoms with Gasteiger partial charge in [0, 0.05) is 0 Å². The lowest BCUT2D eigenvalue weighted by molar-refractivity contribution is -0.115. The third-order valence-corrected chi connectivity index (χ3v) is 4.03. The molecular formula is C15H20N2OS. The van der Waals surface area contributed by atoms with Crippen molar-refractivity contribution in [3.8, 4) is 6.07 Å². The van der Waals surface area contributed by atoms with Crippen LogP contribution in [0.3, 0.4) is 0 Å². The van der Waals surface area contributed by atoms with Crippen LogP contribution >= 0.6 is 11.8 Å². The van der Waals surface area contributed by atoms with E-state index in [9.17, 15) is 4.79 Å². The minimum atomic E-state index is -0.0939. The minimum Gasteiger partial charge on any atom is -0.324 e. The van der Waals surface area contributed by atoms with Crippen LogP contribution in [-0.4, -0.2) is 16.9 Å². The molecule has 1 aromatic carbocycles. The van der Waals surface area contributed by atoms with Gasteiger partial charge >= 0.3 is 0 Å². The second-order valence-electron chi connectivity index (χ2n) is 4.37. The average Bonchev–Trinajstić information content (AvgIpc) is 2.44. The van der Waals surface area contributed by atoms with Crippen LogP contribution in [0.2, 0.25) is 0 Å². The highest BCUT2D eigenvalue weighted by Gasteiger charge is 2.14. The number of unbranched alkanes of at least 4 members (excludes halogenated alkanes) is 2. The molecule has 0 aromatic heterocycles. The van der Waals surface area contributed by atoms with Crippen molar-refractivity contribution < 1.29 is 4.79 Å². The minimum absolute atomic E-state index is 0.0378. The number of benzene rings is 1. The Morgan fingerprint density at radius 3 is 2.84 bits per heavy atom. The van der Waals surface area contributed by atoms with Gasteiger partial charge < -0.3 is 5.32 Å². The van der Waals surface area contributed by atoms with Crippen molar-refractivity contribution in [2.75, 3.05) is 11.1 Å². The van der Waals surface area contributed by atoms with E-state index in [0.29, 0.717) is 11.3 Å². The van der Waals surface area contributed by atoms with Crippen molar-refractivity contribution >= 4 is 23.4 Å². The Kier molecular flexibility index (Phi) is 7.06. The summed E-state index contributed by atoms with van der Waals surface area (Å²) < 4.78 is 0. The van der Waals surface area contributed by atoms with E-state index in [1.165, 1.54) is 12.8 Å². The first-order valence-corrected chi connectivity index (χ1v) is 7.65. The van der Waals surface area contributed by atoms with Crippen molar-refractivity contribution in [2.24, 2.45) is 0 Å². The lowest BCUT2D eigenvalue weighted by atomic mass is 10.2. The normalized spacial score (nSPS) is 11.6. The molecule has 0 fully saturated rings. The fourth-order valence-corrected chi connectivity index (χ4v) is 2.55. The number of thioether (sulfide) groups is 1. The summed E-state index contributed by atoms with van der Waals surface area (Å²) in [4.78, 5) is 12.0. The Hall–Kier alpha value is -1.47. The zero-order valence-corrected chi connectivity index (χ0v) is 12.3. The molecule has 0 bridgehead atoms. The number of nitrogens with one attached hydrogen (secondary N) is 1. The van der Waals surface area contributed by atoms with Gasteiger partial charge in [0.2, 0.25) is 5.91 Å². The second kappa shape index (κ2) is 8.60. The number of anilines is 1. The summed E-state index contributed by atoms with van der Waals surface area (Å²) in [5.41, 5.74) is 1.09. The number of hydrogen-bond donors (Lipinski definition) is 1. The summed E-state index contributed by atoms with van der Waals surface area (Å²) in [6.07, 6.45) is 3.54. The van der Waals surface area contributed by atoms with Crippen LogP contribution in [0, 0.1) is 11.3 Å². The fourth-order valence-electron chi connectivity index (χ4n) is 1.61. The van der Waals surface area contributed by atoms with Crippen molar-refractivity contribution in [3.63, 3.8) is 0 Å². The standard InChI is InChI=1S/C15H20N2OS/c1-3-4-7-10-19-12(2)15(18)17-14-9-6-5-8-13(14)11-16/h5-6,8-9,12H,3-4,7,10H2,1-2H3,(H,17,18). The Morgan fingerprint density at radius 1 is 1.42 bits per heavy atom. The maximum Gasteiger partial charge on any atom is 0.237 e. The summed E-state index contributed by atoms with van der Waals surface area (Å²) in [5.74, 6) is 0.965. The molecule has 0 aliphatic rings. The Labute approximate surface area is 119 Å². The van der Waals surface area contributed by atoms with E-state index < -0.39 is 0 Å². The molecule has 1 rings (SSSR count). The molecule has 3 nitrogen and oxygen atoms in total. The second-order valence-corrected chi connectivity index (χ2v) is 5.82. The quantitative estimate of drug-likeness (QED) is 0.770. The number of nitriles is 1. The molecule has 19 heavy (non-hydrogen) atoms. The van der Waals surface area contributed by atoms with Gasteiger partial charge in [-0.1, -0.05) is 31.9 Å². The van der Waals surface area contributed by atoms with Gasteiger partial charge in [-0.25, -0.2) is 0 Å². The van der Waals surface area contributed by atoms with Crippen molar-refractivity contribution in [1.82, 2.24) is 0 Å². The molecule has 0 saturated carbocycles. The lowest BCUT2D eigenvalue weighted by Crippen LogP contribution is -2.23. The highest BCUT2D eigenvalue weighted by Crippen LogP contribution is 2.18. The molecule has 1 N–H and O–H groups in total. The molecule has 102 valence electrons. The smallest absolute Gasteiger partial charge is 0.237 e. The Bertz CT molecular complexity index is 454. The zero-order chi connectivity index (χ0) is 14.1. The fraction of sp³-hybridized carbons (Fsp3) is 0.467. The molecule has 1 amide bonds. The Morgan fingerprint density at radius 2 is 2.16 bits per heavy atom. The zero-order valence-electron chi connectivity index (χ0n) is 11.5. The van der Waals surface area contributed by atoms with E-state index in [4.69, 9.17) is 5.26 Å². The van der Waals surface area contributed by atoms with Crippen LogP contribution in [0.4, 0.5) is 5.69 Å². The number of carbonyl (C=O) groups excluding carboxylic acids is 1. The van der Waals surface area contributed by atoms with Crippen LogP contribution in [0.5, 0.6) is 0 Å². The van der Waals surface area contributed by atoms with Gasteiger partial charge in [-0.15, -0.1) is 11.8 Å². The number of rotatable bonds is 7. The number of nitrogens with zero attached hydrogens (tertiary/aromatic N) is 1. The van der Waals surface area contributed by atoms with E-state index in [2.05, 4.69) is 18.3 Å². The van der Waals surface area contributed by atoms with Crippen molar-refractivity contribution in [2.45, 2.75) is 38.4 Å². The maximum absolute atomic E-state index is 12.0. The molecular weight excluding hydrogens is 256 g/mol. The highest BCUT2D eigenvalue weighted by molar-refractivity contribution is 8.00. The van der Waals surface area contributed by atoms with Gasteiger partial charge in [0.25, 0.3) is 0 Å². The van der Waals surface area contributed by atoms with E-state index in [1.54, 1.807) is 30.0 Å². The van der Waals surface area contributed by atoms with Crippen LogP contribution in [0.15, 0.2) is 24.3 Å². The lowest BCUT2D eigenvalue weighted by Gasteiger charge is -2.12. The van der Waals surface area contributed by atoms with Crippen LogP contribution in [-0.2, 0) is 4.79 Å². The largest absolute Gasteiger partial charge is 0.324 e. The maximum atomic E-state index is 12.0. The molecule has 0 radical (unpaired) electrons. The molecule has 0 heterocycles. The number of para-hydroxylation sites is 1. The third-order valence-electron chi connectivity index (χ3n) is 2.79. The van der Waals surface area contributed by atoms with Gasteiger partial charge in [-0.05, 0) is 31.2 Å². The summed E-state index contributed by atoms with van der Waals surface area (Å²) in [5, 5.41) is 11.7. The number of amides is 1. The van der Waals surface area contributed by atoms with Gasteiger partial charge in [0.05, 0.1) is 16.5 Å². The molecule has 1 atom stereocenters. The van der Waals surface area contributed by atoms with Crippen molar-refractivity contribution in [3.05, 3.63) is 29.8 Å². The van der Waals surface area contributed by atoms with Gasteiger partial charge in [-0.3, -0.25) is 4.79 Å². The summed E-state index contributed by atoms with van der Waals surface area (Å²) in [7, 11) is 0. The van der Waals surface area contributed by atoms with E-state index >= 15 is 0 Å². The van der Waals surface area contributed by atoms with E-state index in [0.717, 1.165) is 12.2 Å². The first-order chi connectivity index (χ1) is 9.19.